The molecule has 0 aliphatic heterocycles. The van der Waals surface area contributed by atoms with Crippen LogP contribution < -0.4 is 15.8 Å². The standard InChI is InChI=1S/C14H21N3O3/c1-3-17(9-13(18)16-2)14(19)10-20-12-6-4-11(8-15)5-7-12/h4-7H,3,8-10,15H2,1-2H3,(H,16,18). The lowest BCUT2D eigenvalue weighted by atomic mass is 10.2. The first-order chi connectivity index (χ1) is 9.60. The molecule has 6 nitrogen and oxygen atoms in total. The Labute approximate surface area is 118 Å². The lowest BCUT2D eigenvalue weighted by molar-refractivity contribution is -0.137. The van der Waals surface area contributed by atoms with Gasteiger partial charge in [-0.3, -0.25) is 9.59 Å². The molecule has 0 unspecified atom stereocenters. The number of likely N-dealkylation sites (N-methyl/N-ethyl adjacent to an activating group) is 2. The summed E-state index contributed by atoms with van der Waals surface area (Å²) < 4.78 is 5.40. The van der Waals surface area contributed by atoms with Gasteiger partial charge in [0.25, 0.3) is 5.91 Å². The van der Waals surface area contributed by atoms with E-state index < -0.39 is 0 Å². The quantitative estimate of drug-likeness (QED) is 0.742. The van der Waals surface area contributed by atoms with Crippen LogP contribution in [0.2, 0.25) is 0 Å². The normalized spacial score (nSPS) is 9.95. The highest BCUT2D eigenvalue weighted by molar-refractivity contribution is 5.85. The summed E-state index contributed by atoms with van der Waals surface area (Å²) in [6.07, 6.45) is 0. The molecule has 3 N–H and O–H groups in total. The molecule has 0 radical (unpaired) electrons. The van der Waals surface area contributed by atoms with Crippen LogP contribution in [0.25, 0.3) is 0 Å². The monoisotopic (exact) mass is 279 g/mol. The Bertz CT molecular complexity index is 445. The van der Waals surface area contributed by atoms with E-state index >= 15 is 0 Å². The largest absolute Gasteiger partial charge is 0.484 e. The maximum Gasteiger partial charge on any atom is 0.260 e. The fraction of sp³-hybridized carbons (Fsp3) is 0.429. The van der Waals surface area contributed by atoms with E-state index in [-0.39, 0.29) is 25.0 Å². The lowest BCUT2D eigenvalue weighted by Gasteiger charge is -2.20. The van der Waals surface area contributed by atoms with Crippen molar-refractivity contribution in [1.29, 1.82) is 0 Å². The number of ether oxygens (including phenoxy) is 1. The molecule has 0 heterocycles. The van der Waals surface area contributed by atoms with Gasteiger partial charge in [-0.25, -0.2) is 0 Å². The van der Waals surface area contributed by atoms with Crippen LogP contribution in [0.15, 0.2) is 24.3 Å². The van der Waals surface area contributed by atoms with E-state index in [2.05, 4.69) is 5.32 Å². The van der Waals surface area contributed by atoms with Gasteiger partial charge in [0, 0.05) is 20.1 Å². The third-order valence-corrected chi connectivity index (χ3v) is 2.87. The van der Waals surface area contributed by atoms with Crippen molar-refractivity contribution in [2.75, 3.05) is 26.7 Å². The summed E-state index contributed by atoms with van der Waals surface area (Å²) in [6, 6.07) is 7.23. The second kappa shape index (κ2) is 8.16. The minimum absolute atomic E-state index is 0.0430. The van der Waals surface area contributed by atoms with E-state index in [1.54, 1.807) is 12.1 Å². The van der Waals surface area contributed by atoms with Gasteiger partial charge in [-0.05, 0) is 24.6 Å². The number of hydrogen-bond donors (Lipinski definition) is 2. The first kappa shape index (κ1) is 16.0. The highest BCUT2D eigenvalue weighted by atomic mass is 16.5. The molecule has 0 bridgehead atoms. The molecule has 0 saturated heterocycles. The number of nitrogens with two attached hydrogens (primary N) is 1. The van der Waals surface area contributed by atoms with Gasteiger partial charge in [0.15, 0.2) is 6.61 Å². The number of hydrogen-bond acceptors (Lipinski definition) is 4. The zero-order valence-electron chi connectivity index (χ0n) is 11.9. The Morgan fingerprint density at radius 1 is 1.30 bits per heavy atom. The van der Waals surface area contributed by atoms with Crippen molar-refractivity contribution in [2.24, 2.45) is 5.73 Å². The molecule has 0 fully saturated rings. The van der Waals surface area contributed by atoms with E-state index in [1.165, 1.54) is 11.9 Å². The zero-order valence-corrected chi connectivity index (χ0v) is 11.9. The zero-order chi connectivity index (χ0) is 15.0. The summed E-state index contributed by atoms with van der Waals surface area (Å²) in [7, 11) is 1.54. The smallest absolute Gasteiger partial charge is 0.260 e. The van der Waals surface area contributed by atoms with Crippen LogP contribution in [0.4, 0.5) is 0 Å². The molecular weight excluding hydrogens is 258 g/mol. The second-order valence-corrected chi connectivity index (χ2v) is 4.22. The predicted octanol–water partition coefficient (Wildman–Crippen LogP) is 0.119. The summed E-state index contributed by atoms with van der Waals surface area (Å²) in [5, 5.41) is 2.49. The van der Waals surface area contributed by atoms with Gasteiger partial charge in [-0.1, -0.05) is 12.1 Å². The first-order valence-corrected chi connectivity index (χ1v) is 6.50. The van der Waals surface area contributed by atoms with Crippen LogP contribution >= 0.6 is 0 Å². The number of nitrogens with zero attached hydrogens (tertiary/aromatic N) is 1. The van der Waals surface area contributed by atoms with Crippen molar-refractivity contribution in [2.45, 2.75) is 13.5 Å². The molecule has 0 saturated carbocycles. The molecule has 20 heavy (non-hydrogen) atoms. The summed E-state index contributed by atoms with van der Waals surface area (Å²) in [5.74, 6) is 0.179. The molecule has 0 aliphatic carbocycles. The van der Waals surface area contributed by atoms with Crippen molar-refractivity contribution >= 4 is 11.8 Å². The number of amides is 2. The second-order valence-electron chi connectivity index (χ2n) is 4.22. The topological polar surface area (TPSA) is 84.7 Å². The Balaban J connectivity index is 2.49. The molecule has 1 rings (SSSR count). The Hall–Kier alpha value is -2.08. The summed E-state index contributed by atoms with van der Waals surface area (Å²) in [5.41, 5.74) is 6.50. The van der Waals surface area contributed by atoms with Crippen LogP contribution in [0, 0.1) is 0 Å². The van der Waals surface area contributed by atoms with E-state index in [9.17, 15) is 9.59 Å². The van der Waals surface area contributed by atoms with E-state index in [0.717, 1.165) is 5.56 Å². The highest BCUT2D eigenvalue weighted by Gasteiger charge is 2.15. The van der Waals surface area contributed by atoms with Crippen molar-refractivity contribution < 1.29 is 14.3 Å². The van der Waals surface area contributed by atoms with Crippen LogP contribution in [-0.4, -0.2) is 43.5 Å². The van der Waals surface area contributed by atoms with Crippen molar-refractivity contribution in [3.05, 3.63) is 29.8 Å². The summed E-state index contributed by atoms with van der Waals surface area (Å²) in [4.78, 5) is 24.6. The van der Waals surface area contributed by atoms with Crippen LogP contribution in [0.3, 0.4) is 0 Å². The van der Waals surface area contributed by atoms with Gasteiger partial charge in [0.2, 0.25) is 5.91 Å². The van der Waals surface area contributed by atoms with Crippen LogP contribution in [-0.2, 0) is 16.1 Å². The molecular formula is C14H21N3O3. The number of rotatable bonds is 7. The minimum atomic E-state index is -0.223. The van der Waals surface area contributed by atoms with Gasteiger partial charge < -0.3 is 20.7 Å². The molecule has 0 aromatic heterocycles. The fourth-order valence-electron chi connectivity index (χ4n) is 1.59. The molecule has 110 valence electrons. The molecule has 1 aromatic rings. The Morgan fingerprint density at radius 3 is 2.45 bits per heavy atom. The average molecular weight is 279 g/mol. The molecule has 6 heteroatoms. The van der Waals surface area contributed by atoms with Gasteiger partial charge >= 0.3 is 0 Å². The average Bonchev–Trinajstić information content (AvgIpc) is 2.50. The highest BCUT2D eigenvalue weighted by Crippen LogP contribution is 2.11. The number of benzene rings is 1. The molecule has 0 spiro atoms. The number of carbonyl (C=O) groups is 2. The lowest BCUT2D eigenvalue weighted by Crippen LogP contribution is -2.41. The maximum atomic E-state index is 11.9. The Kier molecular flexibility index (Phi) is 6.52. The molecule has 2 amide bonds. The number of carbonyl (C=O) groups excluding carboxylic acids is 2. The fourth-order valence-corrected chi connectivity index (χ4v) is 1.59. The predicted molar refractivity (Wildman–Crippen MR) is 76.1 cm³/mol. The van der Waals surface area contributed by atoms with Crippen molar-refractivity contribution in [1.82, 2.24) is 10.2 Å². The van der Waals surface area contributed by atoms with Gasteiger partial charge in [0.1, 0.15) is 5.75 Å². The first-order valence-electron chi connectivity index (χ1n) is 6.50. The van der Waals surface area contributed by atoms with Gasteiger partial charge in [-0.2, -0.15) is 0 Å². The van der Waals surface area contributed by atoms with E-state index in [0.29, 0.717) is 18.8 Å². The van der Waals surface area contributed by atoms with E-state index in [4.69, 9.17) is 10.5 Å². The summed E-state index contributed by atoms with van der Waals surface area (Å²) in [6.45, 7) is 2.70. The maximum absolute atomic E-state index is 11.9. The summed E-state index contributed by atoms with van der Waals surface area (Å²) >= 11 is 0. The third-order valence-electron chi connectivity index (χ3n) is 2.87. The number of nitrogens with one attached hydrogen (secondary N) is 1. The molecule has 0 aliphatic rings. The van der Waals surface area contributed by atoms with Crippen molar-refractivity contribution in [3.63, 3.8) is 0 Å². The van der Waals surface area contributed by atoms with Crippen LogP contribution in [0.1, 0.15) is 12.5 Å². The third kappa shape index (κ3) is 4.89. The SMILES string of the molecule is CCN(CC(=O)NC)C(=O)COc1ccc(CN)cc1. The van der Waals surface area contributed by atoms with Crippen LogP contribution in [0.5, 0.6) is 5.75 Å². The van der Waals surface area contributed by atoms with Gasteiger partial charge in [0.05, 0.1) is 6.54 Å². The van der Waals surface area contributed by atoms with Crippen molar-refractivity contribution in [3.8, 4) is 5.75 Å². The minimum Gasteiger partial charge on any atom is -0.484 e. The molecule has 1 aromatic carbocycles. The van der Waals surface area contributed by atoms with Gasteiger partial charge in [-0.15, -0.1) is 0 Å². The molecule has 0 atom stereocenters. The Morgan fingerprint density at radius 2 is 1.95 bits per heavy atom. The van der Waals surface area contributed by atoms with E-state index in [1.807, 2.05) is 19.1 Å².